The van der Waals surface area contributed by atoms with Crippen LogP contribution in [-0.2, 0) is 29.0 Å². The van der Waals surface area contributed by atoms with E-state index in [0.29, 0.717) is 34.3 Å². The molecule has 0 aliphatic rings. The number of carbonyl (C=O) groups excluding carboxylic acids is 2. The highest BCUT2D eigenvalue weighted by atomic mass is 16.5. The largest absolute Gasteiger partial charge is 0.497 e. The molecule has 3 aromatic rings. The average molecular weight is 565 g/mol. The zero-order valence-electron chi connectivity index (χ0n) is 23.8. The first-order chi connectivity index (χ1) is 19.8. The number of carbonyl (C=O) groups is 2. The van der Waals surface area contributed by atoms with Gasteiger partial charge in [-0.2, -0.15) is 0 Å². The number of ether oxygens (including phenoxy) is 5. The third kappa shape index (κ3) is 8.79. The van der Waals surface area contributed by atoms with Gasteiger partial charge in [-0.3, -0.25) is 20.3 Å². The summed E-state index contributed by atoms with van der Waals surface area (Å²) in [5, 5.41) is 16.6. The number of hydrogen-bond acceptors (Lipinski definition) is 8. The van der Waals surface area contributed by atoms with Crippen LogP contribution in [0.1, 0.15) is 16.7 Å². The Balaban J connectivity index is 1.68. The van der Waals surface area contributed by atoms with Gasteiger partial charge in [0.05, 0.1) is 42.0 Å². The summed E-state index contributed by atoms with van der Waals surface area (Å²) in [6.07, 6.45) is 0.259. The van der Waals surface area contributed by atoms with Gasteiger partial charge < -0.3 is 34.3 Å². The van der Waals surface area contributed by atoms with Crippen molar-refractivity contribution in [2.24, 2.45) is 0 Å². The van der Waals surface area contributed by atoms with Crippen molar-refractivity contribution in [3.8, 4) is 28.7 Å². The summed E-state index contributed by atoms with van der Waals surface area (Å²) >= 11 is 0. The van der Waals surface area contributed by atoms with Crippen LogP contribution in [0.25, 0.3) is 0 Å². The van der Waals surface area contributed by atoms with Gasteiger partial charge in [-0.05, 0) is 53.1 Å². The molecule has 0 aliphatic heterocycles. The lowest BCUT2D eigenvalue weighted by atomic mass is 10.0. The third-order valence-corrected chi connectivity index (χ3v) is 6.23. The van der Waals surface area contributed by atoms with Crippen LogP contribution >= 0.6 is 0 Å². The summed E-state index contributed by atoms with van der Waals surface area (Å²) in [5.74, 6) is 1.79. The summed E-state index contributed by atoms with van der Waals surface area (Å²) in [6, 6.07) is 16.9. The second-order valence-corrected chi connectivity index (χ2v) is 8.95. The maximum absolute atomic E-state index is 13.3. The van der Waals surface area contributed by atoms with E-state index in [1.807, 2.05) is 18.2 Å². The number of methoxy groups -OCH3 is 5. The summed E-state index contributed by atoms with van der Waals surface area (Å²) < 4.78 is 26.4. The summed E-state index contributed by atoms with van der Waals surface area (Å²) in [6.45, 7) is 0.221. The Labute approximate surface area is 239 Å². The monoisotopic (exact) mass is 564 g/mol. The minimum Gasteiger partial charge on any atom is -0.497 e. The molecule has 0 unspecified atom stereocenters. The lowest BCUT2D eigenvalue weighted by Gasteiger charge is -2.21. The van der Waals surface area contributed by atoms with Gasteiger partial charge in [-0.25, -0.2) is 0 Å². The molecule has 41 heavy (non-hydrogen) atoms. The van der Waals surface area contributed by atoms with Crippen LogP contribution in [0.15, 0.2) is 60.7 Å². The molecule has 0 heterocycles. The van der Waals surface area contributed by atoms with Gasteiger partial charge in [0.25, 0.3) is 0 Å². The predicted molar refractivity (Wildman–Crippen MR) is 154 cm³/mol. The van der Waals surface area contributed by atoms with Crippen LogP contribution in [-0.4, -0.2) is 59.4 Å². The Bertz CT molecular complexity index is 1350. The smallest absolute Gasteiger partial charge is 0.243 e. The molecule has 0 saturated carbocycles. The van der Waals surface area contributed by atoms with Gasteiger partial charge in [0.15, 0.2) is 29.0 Å². The quantitative estimate of drug-likeness (QED) is 0.184. The molecule has 11 heteroatoms. The van der Waals surface area contributed by atoms with Crippen molar-refractivity contribution in [2.45, 2.75) is 25.4 Å². The number of benzene rings is 3. The van der Waals surface area contributed by atoms with Crippen LogP contribution in [0.2, 0.25) is 0 Å². The molecule has 2 amide bonds. The molecule has 0 fully saturated rings. The molecule has 0 aromatic heterocycles. The van der Waals surface area contributed by atoms with E-state index in [4.69, 9.17) is 29.1 Å². The van der Waals surface area contributed by atoms with Crippen LogP contribution in [0.5, 0.6) is 28.7 Å². The number of hydrogen-bond donors (Lipinski definition) is 4. The standard InChI is InChI=1S/C30H36N4O7/c1-37-22-10-6-19(7-11-22)14-23(29(36)32-18-21-9-13-25(39-3)27(16-21)41-5)33-30(31)34-28(35)17-20-8-12-24(38-2)26(15-20)40-4/h6-13,15-16,23H,14,17-18H2,1-5H3,(H,32,36)(H3,31,33,34,35)/t23-/m1/s1. The van der Waals surface area contributed by atoms with Gasteiger partial charge in [0.1, 0.15) is 11.8 Å². The molecule has 218 valence electrons. The Morgan fingerprint density at radius 2 is 1.24 bits per heavy atom. The van der Waals surface area contributed by atoms with E-state index < -0.39 is 11.9 Å². The fourth-order valence-corrected chi connectivity index (χ4v) is 4.08. The highest BCUT2D eigenvalue weighted by Crippen LogP contribution is 2.28. The van der Waals surface area contributed by atoms with E-state index in [0.717, 1.165) is 11.1 Å². The minimum atomic E-state index is -0.850. The summed E-state index contributed by atoms with van der Waals surface area (Å²) in [5.41, 5.74) is 2.32. The SMILES string of the molecule is COc1ccc(C[C@@H](NC(=N)NC(=O)Cc2ccc(OC)c(OC)c2)C(=O)NCc2ccc(OC)c(OC)c2)cc1. The van der Waals surface area contributed by atoms with Crippen LogP contribution in [0.4, 0.5) is 0 Å². The van der Waals surface area contributed by atoms with Crippen molar-refractivity contribution in [2.75, 3.05) is 35.5 Å². The first kappa shape index (κ1) is 30.6. The number of amides is 2. The fourth-order valence-electron chi connectivity index (χ4n) is 4.08. The van der Waals surface area contributed by atoms with E-state index in [-0.39, 0.29) is 31.3 Å². The molecule has 3 rings (SSSR count). The van der Waals surface area contributed by atoms with E-state index >= 15 is 0 Å². The maximum atomic E-state index is 13.3. The molecular formula is C30H36N4O7. The van der Waals surface area contributed by atoms with Crippen molar-refractivity contribution in [1.29, 1.82) is 5.41 Å². The number of guanidine groups is 1. The van der Waals surface area contributed by atoms with Crippen molar-refractivity contribution < 1.29 is 33.3 Å². The van der Waals surface area contributed by atoms with Gasteiger partial charge in [0, 0.05) is 13.0 Å². The molecule has 0 saturated heterocycles. The molecule has 0 spiro atoms. The van der Waals surface area contributed by atoms with Crippen LogP contribution in [0, 0.1) is 5.41 Å². The van der Waals surface area contributed by atoms with Crippen molar-refractivity contribution >= 4 is 17.8 Å². The fraction of sp³-hybridized carbons (Fsp3) is 0.300. The second-order valence-electron chi connectivity index (χ2n) is 8.95. The van der Waals surface area contributed by atoms with Crippen LogP contribution < -0.4 is 39.6 Å². The number of nitrogens with one attached hydrogen (secondary N) is 4. The number of rotatable bonds is 13. The van der Waals surface area contributed by atoms with E-state index in [9.17, 15) is 9.59 Å². The topological polar surface area (TPSA) is 140 Å². The molecule has 4 N–H and O–H groups in total. The zero-order valence-corrected chi connectivity index (χ0v) is 23.8. The molecule has 1 atom stereocenters. The molecule has 0 radical (unpaired) electrons. The van der Waals surface area contributed by atoms with Crippen LogP contribution in [0.3, 0.4) is 0 Å². The molecule has 0 bridgehead atoms. The van der Waals surface area contributed by atoms with Gasteiger partial charge in [-0.15, -0.1) is 0 Å². The van der Waals surface area contributed by atoms with Gasteiger partial charge >= 0.3 is 0 Å². The molecule has 0 aliphatic carbocycles. The first-order valence-electron chi connectivity index (χ1n) is 12.8. The Morgan fingerprint density at radius 3 is 1.80 bits per heavy atom. The molecule has 11 nitrogen and oxygen atoms in total. The zero-order chi connectivity index (χ0) is 29.8. The van der Waals surface area contributed by atoms with E-state index in [2.05, 4.69) is 16.0 Å². The Morgan fingerprint density at radius 1 is 0.707 bits per heavy atom. The summed E-state index contributed by atoms with van der Waals surface area (Å²) in [7, 11) is 7.72. The summed E-state index contributed by atoms with van der Waals surface area (Å²) in [4.78, 5) is 26.0. The van der Waals surface area contributed by atoms with E-state index in [1.54, 1.807) is 63.8 Å². The van der Waals surface area contributed by atoms with Gasteiger partial charge in [0.2, 0.25) is 11.8 Å². The average Bonchev–Trinajstić information content (AvgIpc) is 2.99. The first-order valence-corrected chi connectivity index (χ1v) is 12.8. The minimum absolute atomic E-state index is 0.000933. The lowest BCUT2D eigenvalue weighted by molar-refractivity contribution is -0.123. The highest BCUT2D eigenvalue weighted by Gasteiger charge is 2.21. The second kappa shape index (κ2) is 15.0. The lowest BCUT2D eigenvalue weighted by Crippen LogP contribution is -2.52. The normalized spacial score (nSPS) is 11.0. The predicted octanol–water partition coefficient (Wildman–Crippen LogP) is 2.84. The third-order valence-electron chi connectivity index (χ3n) is 6.23. The molecule has 3 aromatic carbocycles. The van der Waals surface area contributed by atoms with Crippen molar-refractivity contribution in [3.05, 3.63) is 77.4 Å². The Hall–Kier alpha value is -4.93. The Kier molecular flexibility index (Phi) is 11.2. The maximum Gasteiger partial charge on any atom is 0.243 e. The molecular weight excluding hydrogens is 528 g/mol. The van der Waals surface area contributed by atoms with Crippen molar-refractivity contribution in [3.63, 3.8) is 0 Å². The van der Waals surface area contributed by atoms with E-state index in [1.165, 1.54) is 14.2 Å². The van der Waals surface area contributed by atoms with Crippen molar-refractivity contribution in [1.82, 2.24) is 16.0 Å². The van der Waals surface area contributed by atoms with Gasteiger partial charge in [-0.1, -0.05) is 24.3 Å². The highest BCUT2D eigenvalue weighted by molar-refractivity contribution is 5.98.